The Morgan fingerprint density at radius 1 is 1.35 bits per heavy atom. The minimum atomic E-state index is -1.05. The van der Waals surface area contributed by atoms with Crippen LogP contribution in [0.4, 0.5) is 8.78 Å². The molecule has 1 aromatic rings. The lowest BCUT2D eigenvalue weighted by atomic mass is 10.0. The lowest BCUT2D eigenvalue weighted by molar-refractivity contribution is 0.0730. The number of aliphatic hydroxyl groups excluding tert-OH is 1. The van der Waals surface area contributed by atoms with Gasteiger partial charge in [0, 0.05) is 25.8 Å². The molecule has 1 unspecified atom stereocenters. The number of hydrogen-bond donors (Lipinski definition) is 1. The second-order valence-corrected chi connectivity index (χ2v) is 4.42. The monoisotopic (exact) mass is 287 g/mol. The third kappa shape index (κ3) is 4.33. The SMILES string of the molecule is COCCN(CCO)C(C)C(=O)c1ccc(F)c(F)c1. The number of Topliss-reactive ketones (excluding diaryl/α,β-unsaturated/α-hetero) is 1. The number of rotatable bonds is 8. The zero-order valence-corrected chi connectivity index (χ0v) is 11.6. The van der Waals surface area contributed by atoms with E-state index in [4.69, 9.17) is 9.84 Å². The van der Waals surface area contributed by atoms with E-state index in [0.29, 0.717) is 19.7 Å². The van der Waals surface area contributed by atoms with Crippen LogP contribution < -0.4 is 0 Å². The van der Waals surface area contributed by atoms with E-state index in [1.54, 1.807) is 18.9 Å². The second kappa shape index (κ2) is 8.04. The first-order valence-corrected chi connectivity index (χ1v) is 6.34. The van der Waals surface area contributed by atoms with E-state index in [2.05, 4.69) is 0 Å². The maximum absolute atomic E-state index is 13.2. The number of aliphatic hydroxyl groups is 1. The molecular weight excluding hydrogens is 268 g/mol. The Morgan fingerprint density at radius 2 is 2.05 bits per heavy atom. The van der Waals surface area contributed by atoms with E-state index in [0.717, 1.165) is 12.1 Å². The van der Waals surface area contributed by atoms with Gasteiger partial charge in [0.2, 0.25) is 0 Å². The van der Waals surface area contributed by atoms with Crippen molar-refractivity contribution in [1.29, 1.82) is 0 Å². The molecule has 0 radical (unpaired) electrons. The summed E-state index contributed by atoms with van der Waals surface area (Å²) in [5.41, 5.74) is 0.108. The number of ether oxygens (including phenoxy) is 1. The van der Waals surface area contributed by atoms with Gasteiger partial charge in [-0.15, -0.1) is 0 Å². The highest BCUT2D eigenvalue weighted by atomic mass is 19.2. The average molecular weight is 287 g/mol. The summed E-state index contributed by atoms with van der Waals surface area (Å²) >= 11 is 0. The van der Waals surface area contributed by atoms with Crippen LogP contribution in [0.5, 0.6) is 0 Å². The molecule has 0 saturated carbocycles. The van der Waals surface area contributed by atoms with Crippen LogP contribution >= 0.6 is 0 Å². The minimum absolute atomic E-state index is 0.0981. The van der Waals surface area contributed by atoms with Crippen LogP contribution in [0.2, 0.25) is 0 Å². The molecule has 0 fully saturated rings. The van der Waals surface area contributed by atoms with Crippen LogP contribution in [0.25, 0.3) is 0 Å². The predicted molar refractivity (Wildman–Crippen MR) is 70.7 cm³/mol. The third-order valence-corrected chi connectivity index (χ3v) is 3.10. The van der Waals surface area contributed by atoms with E-state index in [1.165, 1.54) is 6.07 Å². The summed E-state index contributed by atoms with van der Waals surface area (Å²) < 4.78 is 31.0. The highest BCUT2D eigenvalue weighted by molar-refractivity contribution is 5.99. The van der Waals surface area contributed by atoms with Crippen LogP contribution in [0.15, 0.2) is 18.2 Å². The first-order valence-electron chi connectivity index (χ1n) is 6.34. The Hall–Kier alpha value is -1.37. The zero-order valence-electron chi connectivity index (χ0n) is 11.6. The second-order valence-electron chi connectivity index (χ2n) is 4.42. The van der Waals surface area contributed by atoms with E-state index in [1.807, 2.05) is 0 Å². The van der Waals surface area contributed by atoms with Crippen molar-refractivity contribution in [3.8, 4) is 0 Å². The molecule has 4 nitrogen and oxygen atoms in total. The summed E-state index contributed by atoms with van der Waals surface area (Å²) in [5.74, 6) is -2.36. The molecule has 0 amide bonds. The van der Waals surface area contributed by atoms with Gasteiger partial charge in [-0.2, -0.15) is 0 Å². The number of carbonyl (C=O) groups excluding carboxylic acids is 1. The summed E-state index contributed by atoms with van der Waals surface area (Å²) in [6.07, 6.45) is 0. The molecule has 0 saturated heterocycles. The normalized spacial score (nSPS) is 12.7. The Labute approximate surface area is 117 Å². The number of hydrogen-bond acceptors (Lipinski definition) is 4. The van der Waals surface area contributed by atoms with Crippen molar-refractivity contribution < 1.29 is 23.4 Å². The van der Waals surface area contributed by atoms with Crippen LogP contribution in [-0.4, -0.2) is 55.2 Å². The number of benzene rings is 1. The molecule has 0 aliphatic heterocycles. The van der Waals surface area contributed by atoms with Crippen molar-refractivity contribution in [1.82, 2.24) is 4.90 Å². The number of halogens is 2. The van der Waals surface area contributed by atoms with Crippen molar-refractivity contribution in [3.63, 3.8) is 0 Å². The van der Waals surface area contributed by atoms with Gasteiger partial charge in [0.1, 0.15) is 0 Å². The summed E-state index contributed by atoms with van der Waals surface area (Å²) in [6, 6.07) is 2.52. The van der Waals surface area contributed by atoms with Gasteiger partial charge in [0.05, 0.1) is 19.3 Å². The highest BCUT2D eigenvalue weighted by Crippen LogP contribution is 2.13. The van der Waals surface area contributed by atoms with Gasteiger partial charge in [0.15, 0.2) is 17.4 Å². The Bertz CT molecular complexity index is 454. The fourth-order valence-electron chi connectivity index (χ4n) is 1.89. The van der Waals surface area contributed by atoms with Gasteiger partial charge < -0.3 is 9.84 Å². The van der Waals surface area contributed by atoms with Crippen LogP contribution in [0.3, 0.4) is 0 Å². The molecule has 1 atom stereocenters. The molecule has 1 N–H and O–H groups in total. The number of carbonyl (C=O) groups is 1. The predicted octanol–water partition coefficient (Wildman–Crippen LogP) is 1.48. The molecule has 112 valence electrons. The Balaban J connectivity index is 2.83. The van der Waals surface area contributed by atoms with Crippen LogP contribution in [-0.2, 0) is 4.74 Å². The Kier molecular flexibility index (Phi) is 6.70. The molecule has 1 rings (SSSR count). The Morgan fingerprint density at radius 3 is 2.60 bits per heavy atom. The van der Waals surface area contributed by atoms with Crippen molar-refractivity contribution in [2.24, 2.45) is 0 Å². The van der Waals surface area contributed by atoms with E-state index >= 15 is 0 Å². The largest absolute Gasteiger partial charge is 0.395 e. The fourth-order valence-corrected chi connectivity index (χ4v) is 1.89. The summed E-state index contributed by atoms with van der Waals surface area (Å²) in [4.78, 5) is 14.0. The molecule has 0 spiro atoms. The van der Waals surface area contributed by atoms with E-state index < -0.39 is 17.7 Å². The maximum Gasteiger partial charge on any atom is 0.179 e. The molecule has 1 aromatic carbocycles. The van der Waals surface area contributed by atoms with Gasteiger partial charge in [-0.05, 0) is 25.1 Å². The topological polar surface area (TPSA) is 49.8 Å². The summed E-state index contributed by atoms with van der Waals surface area (Å²) in [6.45, 7) is 2.75. The lowest BCUT2D eigenvalue weighted by Gasteiger charge is -2.27. The first-order chi connectivity index (χ1) is 9.51. The number of methoxy groups -OCH3 is 1. The minimum Gasteiger partial charge on any atom is -0.395 e. The smallest absolute Gasteiger partial charge is 0.179 e. The van der Waals surface area contributed by atoms with Gasteiger partial charge in [0.25, 0.3) is 0 Å². The molecule has 20 heavy (non-hydrogen) atoms. The first kappa shape index (κ1) is 16.7. The van der Waals surface area contributed by atoms with Gasteiger partial charge in [-0.25, -0.2) is 8.78 Å². The number of ketones is 1. The van der Waals surface area contributed by atoms with E-state index in [9.17, 15) is 13.6 Å². The quantitative estimate of drug-likeness (QED) is 0.736. The highest BCUT2D eigenvalue weighted by Gasteiger charge is 2.22. The summed E-state index contributed by atoms with van der Waals surface area (Å²) in [5, 5.41) is 9.01. The summed E-state index contributed by atoms with van der Waals surface area (Å²) in [7, 11) is 1.54. The standard InChI is InChI=1S/C14H19F2NO3/c1-10(17(5-7-18)6-8-20-2)14(19)11-3-4-12(15)13(16)9-11/h3-4,9-10,18H,5-8H2,1-2H3. The van der Waals surface area contributed by atoms with Crippen molar-refractivity contribution >= 4 is 5.78 Å². The molecule has 6 heteroatoms. The zero-order chi connectivity index (χ0) is 15.1. The average Bonchev–Trinajstić information content (AvgIpc) is 2.45. The molecule has 0 aliphatic carbocycles. The van der Waals surface area contributed by atoms with Gasteiger partial charge in [-0.1, -0.05) is 0 Å². The van der Waals surface area contributed by atoms with Crippen molar-refractivity contribution in [2.75, 3.05) is 33.4 Å². The molecule has 0 aliphatic rings. The maximum atomic E-state index is 13.2. The van der Waals surface area contributed by atoms with Crippen LogP contribution in [0.1, 0.15) is 17.3 Å². The number of nitrogens with zero attached hydrogens (tertiary/aromatic N) is 1. The molecule has 0 bridgehead atoms. The molecule has 0 heterocycles. The molecule has 0 aromatic heterocycles. The van der Waals surface area contributed by atoms with Gasteiger partial charge in [-0.3, -0.25) is 9.69 Å². The molecular formula is C14H19F2NO3. The lowest BCUT2D eigenvalue weighted by Crippen LogP contribution is -2.42. The van der Waals surface area contributed by atoms with Crippen LogP contribution in [0, 0.1) is 11.6 Å². The van der Waals surface area contributed by atoms with E-state index in [-0.39, 0.29) is 18.0 Å². The van der Waals surface area contributed by atoms with Crippen molar-refractivity contribution in [3.05, 3.63) is 35.4 Å². The van der Waals surface area contributed by atoms with Gasteiger partial charge >= 0.3 is 0 Å². The van der Waals surface area contributed by atoms with Crippen molar-refractivity contribution in [2.45, 2.75) is 13.0 Å². The third-order valence-electron chi connectivity index (χ3n) is 3.10. The fraction of sp³-hybridized carbons (Fsp3) is 0.500.